The number of amides is 1. The largest absolute Gasteiger partial charge is 0.321 e. The molecule has 2 aromatic carbocycles. The molecule has 0 aliphatic carbocycles. The second-order valence-electron chi connectivity index (χ2n) is 5.46. The van der Waals surface area contributed by atoms with Crippen molar-refractivity contribution in [3.63, 3.8) is 0 Å². The number of fused-ring (bicyclic) bond motifs is 1. The Labute approximate surface area is 149 Å². The average Bonchev–Trinajstić information content (AvgIpc) is 2.61. The summed E-state index contributed by atoms with van der Waals surface area (Å²) < 4.78 is 0.847. The van der Waals surface area contributed by atoms with Crippen LogP contribution >= 0.6 is 15.9 Å². The van der Waals surface area contributed by atoms with Crippen molar-refractivity contribution in [1.82, 2.24) is 9.97 Å². The second-order valence-corrected chi connectivity index (χ2v) is 6.32. The number of hydrogen-bond donors (Lipinski definition) is 1. The maximum absolute atomic E-state index is 12.5. The minimum Gasteiger partial charge on any atom is -0.321 e. The molecule has 1 heterocycles. The number of halogens is 1. The van der Waals surface area contributed by atoms with E-state index in [-0.39, 0.29) is 5.91 Å². The molecular weight excluding hydrogens is 366 g/mol. The van der Waals surface area contributed by atoms with Crippen molar-refractivity contribution in [3.05, 3.63) is 63.9 Å². The first-order chi connectivity index (χ1) is 11.6. The van der Waals surface area contributed by atoms with E-state index in [9.17, 15) is 4.79 Å². The predicted octanol–water partition coefficient (Wildman–Crippen LogP) is 4.77. The summed E-state index contributed by atoms with van der Waals surface area (Å²) >= 11 is 3.43. The molecule has 122 valence electrons. The fraction of sp³-hybridized carbons (Fsp3) is 0.211. The second kappa shape index (κ2) is 7.09. The quantitative estimate of drug-likeness (QED) is 0.705. The van der Waals surface area contributed by atoms with Gasteiger partial charge in [0, 0.05) is 10.0 Å². The van der Waals surface area contributed by atoms with E-state index >= 15 is 0 Å². The van der Waals surface area contributed by atoms with Gasteiger partial charge in [-0.1, -0.05) is 26.0 Å². The van der Waals surface area contributed by atoms with Crippen molar-refractivity contribution < 1.29 is 4.79 Å². The van der Waals surface area contributed by atoms with Crippen LogP contribution in [0.1, 0.15) is 35.6 Å². The molecule has 3 aromatic rings. The van der Waals surface area contributed by atoms with E-state index < -0.39 is 0 Å². The molecule has 24 heavy (non-hydrogen) atoms. The molecule has 0 aliphatic rings. The van der Waals surface area contributed by atoms with Crippen LogP contribution in [0.4, 0.5) is 5.69 Å². The molecule has 0 fully saturated rings. The van der Waals surface area contributed by atoms with Gasteiger partial charge in [0.05, 0.1) is 28.1 Å². The fourth-order valence-corrected chi connectivity index (χ4v) is 2.98. The fourth-order valence-electron chi connectivity index (χ4n) is 2.59. The average molecular weight is 384 g/mol. The molecule has 0 unspecified atom stereocenters. The van der Waals surface area contributed by atoms with Crippen LogP contribution in [0.15, 0.2) is 46.9 Å². The summed E-state index contributed by atoms with van der Waals surface area (Å²) in [7, 11) is 0. The number of nitrogens with zero attached hydrogens (tertiary/aromatic N) is 2. The number of hydrogen-bond acceptors (Lipinski definition) is 3. The third-order valence-electron chi connectivity index (χ3n) is 3.87. The first kappa shape index (κ1) is 16.6. The lowest BCUT2D eigenvalue weighted by atomic mass is 10.1. The molecule has 5 heteroatoms. The van der Waals surface area contributed by atoms with Crippen molar-refractivity contribution in [2.24, 2.45) is 0 Å². The zero-order valence-electron chi connectivity index (χ0n) is 13.6. The topological polar surface area (TPSA) is 54.9 Å². The highest BCUT2D eigenvalue weighted by Gasteiger charge is 2.11. The van der Waals surface area contributed by atoms with Crippen LogP contribution < -0.4 is 5.32 Å². The van der Waals surface area contributed by atoms with E-state index in [0.717, 1.165) is 45.4 Å². The number of aromatic nitrogens is 2. The molecule has 0 atom stereocenters. The number of carbonyl (C=O) groups excluding carboxylic acids is 1. The highest BCUT2D eigenvalue weighted by molar-refractivity contribution is 9.10. The van der Waals surface area contributed by atoms with Gasteiger partial charge in [-0.2, -0.15) is 0 Å². The van der Waals surface area contributed by atoms with Gasteiger partial charge in [-0.15, -0.1) is 0 Å². The Balaban J connectivity index is 1.95. The van der Waals surface area contributed by atoms with Crippen molar-refractivity contribution in [3.8, 4) is 0 Å². The van der Waals surface area contributed by atoms with E-state index in [2.05, 4.69) is 45.1 Å². The highest BCUT2D eigenvalue weighted by atomic mass is 79.9. The summed E-state index contributed by atoms with van der Waals surface area (Å²) in [5.74, 6) is -0.164. The van der Waals surface area contributed by atoms with Crippen LogP contribution in [0.3, 0.4) is 0 Å². The molecule has 0 bridgehead atoms. The standard InChI is InChI=1S/C19H18BrN3O/c1-3-14-15(4-2)22-18-11-12(9-10-17(18)21-14)19(24)23-16-8-6-5-7-13(16)20/h5-11H,3-4H2,1-2H3,(H,23,24). The highest BCUT2D eigenvalue weighted by Crippen LogP contribution is 2.22. The SMILES string of the molecule is CCc1nc2ccc(C(=O)Nc3ccccc3Br)cc2nc1CC. The number of rotatable bonds is 4. The maximum Gasteiger partial charge on any atom is 0.255 e. The summed E-state index contributed by atoms with van der Waals surface area (Å²) in [5.41, 5.74) is 4.90. The lowest BCUT2D eigenvalue weighted by molar-refractivity contribution is 0.102. The van der Waals surface area contributed by atoms with Crippen LogP contribution in [0.2, 0.25) is 0 Å². The Morgan fingerprint density at radius 1 is 1.00 bits per heavy atom. The summed E-state index contributed by atoms with van der Waals surface area (Å²) in [6, 6.07) is 13.0. The van der Waals surface area contributed by atoms with Crippen LogP contribution in [-0.2, 0) is 12.8 Å². The monoisotopic (exact) mass is 383 g/mol. The van der Waals surface area contributed by atoms with Crippen LogP contribution in [0.5, 0.6) is 0 Å². The van der Waals surface area contributed by atoms with Gasteiger partial charge in [-0.25, -0.2) is 9.97 Å². The number of carbonyl (C=O) groups is 1. The van der Waals surface area contributed by atoms with Crippen LogP contribution in [0, 0.1) is 0 Å². The van der Waals surface area contributed by atoms with E-state index in [4.69, 9.17) is 0 Å². The third kappa shape index (κ3) is 3.31. The van der Waals surface area contributed by atoms with Gasteiger partial charge in [0.1, 0.15) is 0 Å². The third-order valence-corrected chi connectivity index (χ3v) is 4.56. The van der Waals surface area contributed by atoms with Crippen molar-refractivity contribution in [2.75, 3.05) is 5.32 Å². The number of para-hydroxylation sites is 1. The van der Waals surface area contributed by atoms with E-state index in [1.807, 2.05) is 30.3 Å². The molecule has 0 aliphatic heterocycles. The zero-order chi connectivity index (χ0) is 17.1. The Bertz CT molecular complexity index is 908. The molecule has 4 nitrogen and oxygen atoms in total. The Morgan fingerprint density at radius 2 is 1.67 bits per heavy atom. The number of nitrogens with one attached hydrogen (secondary N) is 1. The molecule has 1 aromatic heterocycles. The predicted molar refractivity (Wildman–Crippen MR) is 100 cm³/mol. The van der Waals surface area contributed by atoms with Crippen LogP contribution in [0.25, 0.3) is 11.0 Å². The lowest BCUT2D eigenvalue weighted by Crippen LogP contribution is -2.12. The number of aryl methyl sites for hydroxylation is 2. The van der Waals surface area contributed by atoms with Gasteiger partial charge in [-0.3, -0.25) is 4.79 Å². The van der Waals surface area contributed by atoms with E-state index in [1.54, 1.807) is 12.1 Å². The van der Waals surface area contributed by atoms with Gasteiger partial charge >= 0.3 is 0 Å². The van der Waals surface area contributed by atoms with Crippen molar-refractivity contribution in [1.29, 1.82) is 0 Å². The smallest absolute Gasteiger partial charge is 0.255 e. The summed E-state index contributed by atoms with van der Waals surface area (Å²) in [6.07, 6.45) is 1.69. The summed E-state index contributed by atoms with van der Waals surface area (Å²) in [6.45, 7) is 4.15. The van der Waals surface area contributed by atoms with E-state index in [0.29, 0.717) is 5.56 Å². The van der Waals surface area contributed by atoms with Crippen LogP contribution in [-0.4, -0.2) is 15.9 Å². The molecule has 1 N–H and O–H groups in total. The Morgan fingerprint density at radius 3 is 2.33 bits per heavy atom. The molecule has 0 spiro atoms. The first-order valence-electron chi connectivity index (χ1n) is 7.97. The molecule has 0 radical (unpaired) electrons. The van der Waals surface area contributed by atoms with Crippen molar-refractivity contribution >= 4 is 38.6 Å². The number of anilines is 1. The van der Waals surface area contributed by atoms with E-state index in [1.165, 1.54) is 0 Å². The summed E-state index contributed by atoms with van der Waals surface area (Å²) in [4.78, 5) is 21.8. The van der Waals surface area contributed by atoms with Gasteiger partial charge < -0.3 is 5.32 Å². The zero-order valence-corrected chi connectivity index (χ0v) is 15.2. The minimum absolute atomic E-state index is 0.164. The first-order valence-corrected chi connectivity index (χ1v) is 8.77. The molecular formula is C19H18BrN3O. The normalized spacial score (nSPS) is 10.8. The maximum atomic E-state index is 12.5. The minimum atomic E-state index is -0.164. The number of benzene rings is 2. The Hall–Kier alpha value is -2.27. The van der Waals surface area contributed by atoms with Crippen molar-refractivity contribution in [2.45, 2.75) is 26.7 Å². The molecule has 3 rings (SSSR count). The molecule has 0 saturated heterocycles. The van der Waals surface area contributed by atoms with Gasteiger partial charge in [0.25, 0.3) is 5.91 Å². The Kier molecular flexibility index (Phi) is 4.90. The lowest BCUT2D eigenvalue weighted by Gasteiger charge is -2.09. The molecule has 0 saturated carbocycles. The molecule has 1 amide bonds. The van der Waals surface area contributed by atoms with Gasteiger partial charge in [-0.05, 0) is 59.1 Å². The van der Waals surface area contributed by atoms with Gasteiger partial charge in [0.15, 0.2) is 0 Å². The van der Waals surface area contributed by atoms with Gasteiger partial charge in [0.2, 0.25) is 0 Å². The summed E-state index contributed by atoms with van der Waals surface area (Å²) in [5, 5.41) is 2.91.